The average Bonchev–Trinajstić information content (AvgIpc) is 2.32. The van der Waals surface area contributed by atoms with E-state index in [-0.39, 0.29) is 18.1 Å². The lowest BCUT2D eigenvalue weighted by atomic mass is 10.1. The van der Waals surface area contributed by atoms with Crippen LogP contribution in [0.3, 0.4) is 0 Å². The van der Waals surface area contributed by atoms with Crippen LogP contribution in [-0.2, 0) is 4.79 Å². The van der Waals surface area contributed by atoms with Crippen LogP contribution in [-0.4, -0.2) is 31.3 Å². The average molecular weight is 275 g/mol. The summed E-state index contributed by atoms with van der Waals surface area (Å²) in [5.41, 5.74) is 0.389. The van der Waals surface area contributed by atoms with Crippen LogP contribution in [0.15, 0.2) is 18.2 Å². The van der Waals surface area contributed by atoms with Crippen molar-refractivity contribution in [3.8, 4) is 11.5 Å². The fourth-order valence-electron chi connectivity index (χ4n) is 1.60. The molecular formula is C12H15F2NO4. The normalized spacial score (nSPS) is 12.3. The first kappa shape index (κ1) is 15.2. The molecule has 0 saturated carbocycles. The molecule has 1 aromatic carbocycles. The maximum absolute atomic E-state index is 12.2. The Balaban J connectivity index is 3.10. The summed E-state index contributed by atoms with van der Waals surface area (Å²) in [4.78, 5) is 11.0. The predicted molar refractivity (Wildman–Crippen MR) is 63.7 cm³/mol. The summed E-state index contributed by atoms with van der Waals surface area (Å²) in [7, 11) is 1.49. The molecule has 0 spiro atoms. The summed E-state index contributed by atoms with van der Waals surface area (Å²) in [5.74, 6) is -1.12. The Labute approximate surface area is 109 Å². The smallest absolute Gasteiger partial charge is 0.387 e. The third-order valence-corrected chi connectivity index (χ3v) is 2.35. The summed E-state index contributed by atoms with van der Waals surface area (Å²) >= 11 is 0. The zero-order valence-corrected chi connectivity index (χ0v) is 10.5. The van der Waals surface area contributed by atoms with Crippen molar-refractivity contribution in [3.63, 3.8) is 0 Å². The highest BCUT2D eigenvalue weighted by Crippen LogP contribution is 2.31. The quantitative estimate of drug-likeness (QED) is 0.797. The second-order valence-corrected chi connectivity index (χ2v) is 3.58. The molecule has 0 heterocycles. The van der Waals surface area contributed by atoms with Crippen molar-refractivity contribution in [2.45, 2.75) is 19.6 Å². The fraction of sp³-hybridized carbons (Fsp3) is 0.417. The second-order valence-electron chi connectivity index (χ2n) is 3.58. The first-order valence-corrected chi connectivity index (χ1v) is 5.61. The molecule has 1 unspecified atom stereocenters. The van der Waals surface area contributed by atoms with Gasteiger partial charge >= 0.3 is 12.6 Å². The van der Waals surface area contributed by atoms with Gasteiger partial charge in [0.1, 0.15) is 6.04 Å². The van der Waals surface area contributed by atoms with Gasteiger partial charge in [0.15, 0.2) is 11.5 Å². The van der Waals surface area contributed by atoms with E-state index in [0.717, 1.165) is 0 Å². The molecule has 0 amide bonds. The predicted octanol–water partition coefficient (Wildman–Crippen LogP) is 2.03. The van der Waals surface area contributed by atoms with E-state index in [1.807, 2.05) is 0 Å². The number of rotatable bonds is 7. The third kappa shape index (κ3) is 4.06. The van der Waals surface area contributed by atoms with Gasteiger partial charge in [-0.15, -0.1) is 0 Å². The van der Waals surface area contributed by atoms with Gasteiger partial charge in [-0.1, -0.05) is 6.07 Å². The molecule has 7 heteroatoms. The first-order valence-electron chi connectivity index (χ1n) is 5.61. The van der Waals surface area contributed by atoms with Gasteiger partial charge in [0.25, 0.3) is 0 Å². The Morgan fingerprint density at radius 3 is 2.58 bits per heavy atom. The van der Waals surface area contributed by atoms with Gasteiger partial charge in [-0.05, 0) is 31.7 Å². The lowest BCUT2D eigenvalue weighted by Gasteiger charge is -2.16. The minimum Gasteiger partial charge on any atom is -0.490 e. The van der Waals surface area contributed by atoms with Crippen LogP contribution in [0.2, 0.25) is 0 Å². The molecule has 0 bridgehead atoms. The second kappa shape index (κ2) is 6.89. The molecule has 1 aromatic rings. The van der Waals surface area contributed by atoms with Crippen LogP contribution >= 0.6 is 0 Å². The van der Waals surface area contributed by atoms with E-state index in [4.69, 9.17) is 9.84 Å². The SMILES string of the molecule is CCOc1cc(C(NC)C(=O)O)ccc1OC(F)F. The van der Waals surface area contributed by atoms with Gasteiger partial charge in [0.2, 0.25) is 0 Å². The van der Waals surface area contributed by atoms with Gasteiger partial charge in [-0.3, -0.25) is 4.79 Å². The molecule has 1 rings (SSSR count). The number of carboxylic acids is 1. The van der Waals surface area contributed by atoms with Crippen molar-refractivity contribution < 1.29 is 28.2 Å². The van der Waals surface area contributed by atoms with Crippen LogP contribution in [0.5, 0.6) is 11.5 Å². The van der Waals surface area contributed by atoms with Gasteiger partial charge < -0.3 is 19.9 Å². The number of halogens is 2. The van der Waals surface area contributed by atoms with Crippen molar-refractivity contribution in [2.75, 3.05) is 13.7 Å². The zero-order valence-electron chi connectivity index (χ0n) is 10.5. The molecule has 5 nitrogen and oxygen atoms in total. The summed E-state index contributed by atoms with van der Waals surface area (Å²) in [5, 5.41) is 11.6. The fourth-order valence-corrected chi connectivity index (χ4v) is 1.60. The maximum Gasteiger partial charge on any atom is 0.387 e. The zero-order chi connectivity index (χ0) is 14.4. The third-order valence-electron chi connectivity index (χ3n) is 2.35. The maximum atomic E-state index is 12.2. The highest BCUT2D eigenvalue weighted by molar-refractivity contribution is 5.75. The van der Waals surface area contributed by atoms with E-state index >= 15 is 0 Å². The Hall–Kier alpha value is -1.89. The molecule has 0 fully saturated rings. The highest BCUT2D eigenvalue weighted by Gasteiger charge is 2.20. The van der Waals surface area contributed by atoms with Crippen molar-refractivity contribution in [1.29, 1.82) is 0 Å². The molecule has 0 radical (unpaired) electrons. The highest BCUT2D eigenvalue weighted by atomic mass is 19.3. The molecular weight excluding hydrogens is 260 g/mol. The number of hydrogen-bond acceptors (Lipinski definition) is 4. The molecule has 0 aliphatic heterocycles. The summed E-state index contributed by atoms with van der Waals surface area (Å²) in [6.45, 7) is -1.03. The van der Waals surface area contributed by atoms with Crippen LogP contribution < -0.4 is 14.8 Å². The van der Waals surface area contributed by atoms with Crippen molar-refractivity contribution in [3.05, 3.63) is 23.8 Å². The number of hydrogen-bond donors (Lipinski definition) is 2. The van der Waals surface area contributed by atoms with Gasteiger partial charge in [0, 0.05) is 0 Å². The summed E-state index contributed by atoms with van der Waals surface area (Å²) in [6.07, 6.45) is 0. The largest absolute Gasteiger partial charge is 0.490 e. The number of nitrogens with one attached hydrogen (secondary N) is 1. The summed E-state index contributed by atoms with van der Waals surface area (Å²) < 4.78 is 33.9. The molecule has 2 N–H and O–H groups in total. The van der Waals surface area contributed by atoms with E-state index in [1.165, 1.54) is 25.2 Å². The molecule has 0 aliphatic carbocycles. The van der Waals surface area contributed by atoms with E-state index < -0.39 is 18.6 Å². The molecule has 0 aromatic heterocycles. The molecule has 0 aliphatic rings. The lowest BCUT2D eigenvalue weighted by Crippen LogP contribution is -2.25. The summed E-state index contributed by atoms with van der Waals surface area (Å²) in [6, 6.07) is 3.09. The van der Waals surface area contributed by atoms with Crippen molar-refractivity contribution >= 4 is 5.97 Å². The Bertz CT molecular complexity index is 440. The number of alkyl halides is 2. The Morgan fingerprint density at radius 2 is 2.11 bits per heavy atom. The Kier molecular flexibility index (Phi) is 5.50. The number of benzene rings is 1. The number of ether oxygens (including phenoxy) is 2. The van der Waals surface area contributed by atoms with Crippen LogP contribution in [0.25, 0.3) is 0 Å². The topological polar surface area (TPSA) is 67.8 Å². The van der Waals surface area contributed by atoms with Crippen LogP contribution in [0.1, 0.15) is 18.5 Å². The molecule has 0 saturated heterocycles. The van der Waals surface area contributed by atoms with E-state index in [9.17, 15) is 13.6 Å². The van der Waals surface area contributed by atoms with Gasteiger partial charge in [0.05, 0.1) is 6.61 Å². The van der Waals surface area contributed by atoms with Crippen LogP contribution in [0.4, 0.5) is 8.78 Å². The molecule has 1 atom stereocenters. The minimum atomic E-state index is -2.97. The monoisotopic (exact) mass is 275 g/mol. The first-order chi connectivity index (χ1) is 8.99. The van der Waals surface area contributed by atoms with Gasteiger partial charge in [-0.2, -0.15) is 8.78 Å². The number of aliphatic carboxylic acids is 1. The van der Waals surface area contributed by atoms with E-state index in [1.54, 1.807) is 6.92 Å². The van der Waals surface area contributed by atoms with Crippen molar-refractivity contribution in [2.24, 2.45) is 0 Å². The van der Waals surface area contributed by atoms with E-state index in [2.05, 4.69) is 10.1 Å². The van der Waals surface area contributed by atoms with Crippen LogP contribution in [0, 0.1) is 0 Å². The van der Waals surface area contributed by atoms with E-state index in [0.29, 0.717) is 5.56 Å². The van der Waals surface area contributed by atoms with Gasteiger partial charge in [-0.25, -0.2) is 0 Å². The molecule has 106 valence electrons. The van der Waals surface area contributed by atoms with Crippen molar-refractivity contribution in [1.82, 2.24) is 5.32 Å². The Morgan fingerprint density at radius 1 is 1.42 bits per heavy atom. The minimum absolute atomic E-state index is 0.0850. The number of carbonyl (C=O) groups is 1. The standard InChI is InChI=1S/C12H15F2NO4/c1-3-18-9-6-7(10(15-2)11(16)17)4-5-8(9)19-12(13)14/h4-6,10,12,15H,3H2,1-2H3,(H,16,17). The number of carboxylic acid groups (broad SMARTS) is 1. The lowest BCUT2D eigenvalue weighted by molar-refractivity contribution is -0.139. The molecule has 19 heavy (non-hydrogen) atoms. The number of likely N-dealkylation sites (N-methyl/N-ethyl adjacent to an activating group) is 1.